The van der Waals surface area contributed by atoms with Gasteiger partial charge in [0.15, 0.2) is 0 Å². The highest BCUT2D eigenvalue weighted by Gasteiger charge is 1.99. The Bertz CT molecular complexity index is 872. The quantitative estimate of drug-likeness (QED) is 0.0714. The largest absolute Gasteiger partial charge is 0.412 e. The standard InChI is InChI=1S/C24H43N.C22H39N.2H2O/c1-3-25(4-2)23-19-14-12-10-8-6-5-7-9-11-13-16-20-24-21-17-15-18-22-24;1-23(2)21-17-12-10-8-6-4-3-5-7-9-11-14-18-22-19-15-13-16-20-22;;/h15,17-18,21-22H,3-14,16,19-20,23H2,1-2H3;13,15-16,19-20H,3-12,14,17-18,21H2,1-2H3;2*1H2. The van der Waals surface area contributed by atoms with E-state index in [-0.39, 0.29) is 11.0 Å². The van der Waals surface area contributed by atoms with Crippen molar-refractivity contribution in [3.8, 4) is 0 Å². The van der Waals surface area contributed by atoms with Crippen LogP contribution in [0, 0.1) is 0 Å². The van der Waals surface area contributed by atoms with Crippen LogP contribution < -0.4 is 0 Å². The molecule has 4 N–H and O–H groups in total. The van der Waals surface area contributed by atoms with E-state index in [1.807, 2.05) is 0 Å². The third-order valence-corrected chi connectivity index (χ3v) is 10.1. The second-order valence-corrected chi connectivity index (χ2v) is 14.8. The van der Waals surface area contributed by atoms with Crippen LogP contribution in [0.4, 0.5) is 0 Å². The molecule has 0 aliphatic carbocycles. The van der Waals surface area contributed by atoms with Gasteiger partial charge in [0.25, 0.3) is 0 Å². The van der Waals surface area contributed by atoms with Crippen molar-refractivity contribution >= 4 is 0 Å². The molecule has 0 saturated heterocycles. The van der Waals surface area contributed by atoms with Crippen molar-refractivity contribution in [3.63, 3.8) is 0 Å². The first-order chi connectivity index (χ1) is 23.7. The van der Waals surface area contributed by atoms with Crippen molar-refractivity contribution in [1.82, 2.24) is 9.80 Å². The van der Waals surface area contributed by atoms with Gasteiger partial charge in [0, 0.05) is 0 Å². The van der Waals surface area contributed by atoms with Gasteiger partial charge in [0.2, 0.25) is 0 Å². The summed E-state index contributed by atoms with van der Waals surface area (Å²) in [7, 11) is 4.34. The fourth-order valence-electron chi connectivity index (χ4n) is 6.79. The van der Waals surface area contributed by atoms with Crippen molar-refractivity contribution in [2.24, 2.45) is 0 Å². The molecule has 4 heteroatoms. The molecule has 0 unspecified atom stereocenters. The molecular weight excluding hydrogens is 613 g/mol. The second-order valence-electron chi connectivity index (χ2n) is 14.8. The summed E-state index contributed by atoms with van der Waals surface area (Å²) in [5.41, 5.74) is 3.00. The van der Waals surface area contributed by atoms with Crippen LogP contribution in [-0.4, -0.2) is 61.0 Å². The summed E-state index contributed by atoms with van der Waals surface area (Å²) in [6.07, 6.45) is 36.8. The van der Waals surface area contributed by atoms with E-state index >= 15 is 0 Å². The molecule has 2 rings (SSSR count). The van der Waals surface area contributed by atoms with E-state index < -0.39 is 0 Å². The molecule has 2 aromatic carbocycles. The van der Waals surface area contributed by atoms with E-state index in [4.69, 9.17) is 0 Å². The lowest BCUT2D eigenvalue weighted by atomic mass is 10.0. The highest BCUT2D eigenvalue weighted by Crippen LogP contribution is 2.15. The molecule has 0 saturated carbocycles. The Morgan fingerprint density at radius 2 is 0.600 bits per heavy atom. The maximum atomic E-state index is 2.54. The molecule has 0 radical (unpaired) electrons. The van der Waals surface area contributed by atoms with Gasteiger partial charge in [-0.2, -0.15) is 0 Å². The zero-order chi connectivity index (χ0) is 34.6. The number of rotatable bonds is 32. The zero-order valence-electron chi connectivity index (χ0n) is 33.9. The third-order valence-electron chi connectivity index (χ3n) is 10.1. The first-order valence-corrected chi connectivity index (χ1v) is 21.1. The average Bonchev–Trinajstić information content (AvgIpc) is 3.11. The maximum Gasteiger partial charge on any atom is -0.00190 e. The lowest BCUT2D eigenvalue weighted by Crippen LogP contribution is -2.23. The van der Waals surface area contributed by atoms with Gasteiger partial charge in [0.05, 0.1) is 0 Å². The SMILES string of the molecule is CCN(CC)CCCCCCCCCCCCCCc1ccccc1.CN(C)CCCCCCCCCCCCCCc1ccccc1.O.O. The van der Waals surface area contributed by atoms with Gasteiger partial charge in [-0.1, -0.05) is 203 Å². The highest BCUT2D eigenvalue weighted by atomic mass is 16.0. The summed E-state index contributed by atoms with van der Waals surface area (Å²) in [5.74, 6) is 0. The smallest absolute Gasteiger partial charge is 0.00190 e. The van der Waals surface area contributed by atoms with Gasteiger partial charge in [-0.3, -0.25) is 0 Å². The molecule has 4 nitrogen and oxygen atoms in total. The molecule has 0 amide bonds. The average molecular weight is 699 g/mol. The number of benzene rings is 2. The van der Waals surface area contributed by atoms with Crippen molar-refractivity contribution < 1.29 is 11.0 Å². The Morgan fingerprint density at radius 1 is 0.340 bits per heavy atom. The van der Waals surface area contributed by atoms with E-state index in [0.29, 0.717) is 0 Å². The van der Waals surface area contributed by atoms with Crippen LogP contribution in [0.5, 0.6) is 0 Å². The Balaban J connectivity index is 0. The van der Waals surface area contributed by atoms with Crippen LogP contribution in [0.1, 0.15) is 179 Å². The molecule has 0 atom stereocenters. The van der Waals surface area contributed by atoms with Crippen molar-refractivity contribution in [2.75, 3.05) is 40.3 Å². The van der Waals surface area contributed by atoms with Gasteiger partial charge in [-0.15, -0.1) is 0 Å². The van der Waals surface area contributed by atoms with E-state index in [1.165, 1.54) is 204 Å². The lowest BCUT2D eigenvalue weighted by Gasteiger charge is -2.17. The Morgan fingerprint density at radius 3 is 0.880 bits per heavy atom. The molecule has 2 aromatic rings. The normalized spacial score (nSPS) is 10.8. The fraction of sp³-hybridized carbons (Fsp3) is 0.739. The maximum absolute atomic E-state index is 2.54. The minimum absolute atomic E-state index is 0. The molecule has 0 bridgehead atoms. The van der Waals surface area contributed by atoms with Crippen LogP contribution in [0.3, 0.4) is 0 Å². The van der Waals surface area contributed by atoms with Gasteiger partial charge < -0.3 is 20.8 Å². The minimum Gasteiger partial charge on any atom is -0.412 e. The Hall–Kier alpha value is -1.72. The summed E-state index contributed by atoms with van der Waals surface area (Å²) in [6.45, 7) is 9.52. The van der Waals surface area contributed by atoms with Gasteiger partial charge >= 0.3 is 0 Å². The zero-order valence-corrected chi connectivity index (χ0v) is 33.9. The number of unbranched alkanes of at least 4 members (excludes halogenated alkanes) is 22. The number of hydrogen-bond acceptors (Lipinski definition) is 2. The summed E-state index contributed by atoms with van der Waals surface area (Å²) >= 11 is 0. The van der Waals surface area contributed by atoms with E-state index in [0.717, 1.165) is 0 Å². The van der Waals surface area contributed by atoms with E-state index in [9.17, 15) is 0 Å². The second kappa shape index (κ2) is 40.1. The topological polar surface area (TPSA) is 69.5 Å². The van der Waals surface area contributed by atoms with Crippen molar-refractivity contribution in [1.29, 1.82) is 0 Å². The summed E-state index contributed by atoms with van der Waals surface area (Å²) in [4.78, 5) is 4.83. The molecule has 0 aliphatic heterocycles. The van der Waals surface area contributed by atoms with Crippen molar-refractivity contribution in [3.05, 3.63) is 71.8 Å². The van der Waals surface area contributed by atoms with E-state index in [1.54, 1.807) is 0 Å². The molecule has 0 heterocycles. The molecule has 0 aromatic heterocycles. The monoisotopic (exact) mass is 699 g/mol. The summed E-state index contributed by atoms with van der Waals surface area (Å²) < 4.78 is 0. The van der Waals surface area contributed by atoms with Crippen LogP contribution in [0.25, 0.3) is 0 Å². The first kappa shape index (κ1) is 50.4. The van der Waals surface area contributed by atoms with E-state index in [2.05, 4.69) is 98.4 Å². The molecule has 0 spiro atoms. The fourth-order valence-corrected chi connectivity index (χ4v) is 6.79. The summed E-state index contributed by atoms with van der Waals surface area (Å²) in [5, 5.41) is 0. The van der Waals surface area contributed by atoms with Crippen LogP contribution in [0.2, 0.25) is 0 Å². The van der Waals surface area contributed by atoms with Gasteiger partial charge in [-0.25, -0.2) is 0 Å². The predicted octanol–water partition coefficient (Wildman–Crippen LogP) is 12.1. The Kier molecular flexibility index (Phi) is 40.4. The van der Waals surface area contributed by atoms with Crippen LogP contribution in [-0.2, 0) is 12.8 Å². The number of aryl methyl sites for hydroxylation is 2. The molecule has 292 valence electrons. The highest BCUT2D eigenvalue weighted by molar-refractivity contribution is 5.15. The van der Waals surface area contributed by atoms with Crippen LogP contribution in [0.15, 0.2) is 60.7 Å². The minimum atomic E-state index is 0. The lowest BCUT2D eigenvalue weighted by molar-refractivity contribution is 0.295. The Labute approximate surface area is 312 Å². The molecule has 0 aliphatic rings. The third kappa shape index (κ3) is 34.7. The summed E-state index contributed by atoms with van der Waals surface area (Å²) in [6, 6.07) is 21.8. The molecular formula is C46H86N2O2. The number of hydrogen-bond donors (Lipinski definition) is 0. The van der Waals surface area contributed by atoms with Gasteiger partial charge in [-0.05, 0) is 89.9 Å². The van der Waals surface area contributed by atoms with Gasteiger partial charge in [0.1, 0.15) is 0 Å². The number of nitrogens with zero attached hydrogens (tertiary/aromatic N) is 2. The molecule has 0 fully saturated rings. The van der Waals surface area contributed by atoms with Crippen LogP contribution >= 0.6 is 0 Å². The predicted molar refractivity (Wildman–Crippen MR) is 225 cm³/mol. The first-order valence-electron chi connectivity index (χ1n) is 21.1. The molecule has 50 heavy (non-hydrogen) atoms. The van der Waals surface area contributed by atoms with Crippen molar-refractivity contribution in [2.45, 2.75) is 181 Å².